The Labute approximate surface area is 120 Å². The monoisotopic (exact) mass is 288 g/mol. The number of anilines is 2. The topological polar surface area (TPSA) is 85.1 Å². The van der Waals surface area contributed by atoms with Gasteiger partial charge < -0.3 is 5.32 Å². The Hall–Kier alpha value is -2.83. The third kappa shape index (κ3) is 3.02. The number of aryl methyl sites for hydroxylation is 1. The first kappa shape index (κ1) is 14.6. The molecule has 2 rings (SSSR count). The van der Waals surface area contributed by atoms with E-state index in [0.29, 0.717) is 5.69 Å². The van der Waals surface area contributed by atoms with Crippen LogP contribution in [0.15, 0.2) is 39.9 Å². The Kier molecular flexibility index (Phi) is 3.93. The highest BCUT2D eigenvalue weighted by atomic mass is 16.2. The van der Waals surface area contributed by atoms with Crippen LogP contribution in [0.2, 0.25) is 0 Å². The molecule has 0 unspecified atom stereocenters. The highest BCUT2D eigenvalue weighted by molar-refractivity contribution is 5.99. The third-order valence-corrected chi connectivity index (χ3v) is 3.16. The molecule has 0 saturated carbocycles. The Morgan fingerprint density at radius 2 is 1.71 bits per heavy atom. The highest BCUT2D eigenvalue weighted by Crippen LogP contribution is 2.13. The number of hydrogen-bond donors (Lipinski definition) is 2. The summed E-state index contributed by atoms with van der Waals surface area (Å²) in [5, 5.41) is 5.16. The second-order valence-corrected chi connectivity index (χ2v) is 4.66. The van der Waals surface area contributed by atoms with Crippen molar-refractivity contribution >= 4 is 17.5 Å². The normalized spacial score (nSPS) is 10.2. The van der Waals surface area contributed by atoms with Gasteiger partial charge in [-0.05, 0) is 18.6 Å². The lowest BCUT2D eigenvalue weighted by Gasteiger charge is -2.12. The average molecular weight is 288 g/mol. The van der Waals surface area contributed by atoms with Crippen LogP contribution in [0.5, 0.6) is 0 Å². The second-order valence-electron chi connectivity index (χ2n) is 4.66. The van der Waals surface area contributed by atoms with Crippen molar-refractivity contribution in [3.8, 4) is 0 Å². The molecular weight excluding hydrogens is 272 g/mol. The predicted molar refractivity (Wildman–Crippen MR) is 80.7 cm³/mol. The number of hydrogen-bond acceptors (Lipinski definition) is 3. The zero-order chi connectivity index (χ0) is 15.6. The van der Waals surface area contributed by atoms with Crippen LogP contribution >= 0.6 is 0 Å². The molecule has 0 saturated heterocycles. The van der Waals surface area contributed by atoms with Gasteiger partial charge in [-0.1, -0.05) is 18.2 Å². The zero-order valence-corrected chi connectivity index (χ0v) is 12.0. The summed E-state index contributed by atoms with van der Waals surface area (Å²) in [6.45, 7) is 1.86. The van der Waals surface area contributed by atoms with Gasteiger partial charge in [0.1, 0.15) is 5.82 Å². The van der Waals surface area contributed by atoms with Gasteiger partial charge in [0.05, 0.1) is 0 Å². The Bertz CT molecular complexity index is 805. The van der Waals surface area contributed by atoms with Gasteiger partial charge in [0.15, 0.2) is 0 Å². The molecule has 0 spiro atoms. The molecule has 7 heteroatoms. The van der Waals surface area contributed by atoms with Gasteiger partial charge in [0, 0.05) is 25.8 Å². The fourth-order valence-electron chi connectivity index (χ4n) is 1.84. The van der Waals surface area contributed by atoms with Gasteiger partial charge in [-0.25, -0.2) is 9.59 Å². The number of benzene rings is 1. The van der Waals surface area contributed by atoms with Crippen molar-refractivity contribution in [2.75, 3.05) is 10.6 Å². The smallest absolute Gasteiger partial charge is 0.307 e. The minimum atomic E-state index is -0.521. The maximum Gasteiger partial charge on any atom is 0.332 e. The molecule has 21 heavy (non-hydrogen) atoms. The summed E-state index contributed by atoms with van der Waals surface area (Å²) in [6, 6.07) is 7.97. The first-order valence-electron chi connectivity index (χ1n) is 6.31. The molecule has 7 nitrogen and oxygen atoms in total. The van der Waals surface area contributed by atoms with Gasteiger partial charge in [0.25, 0.3) is 5.56 Å². The number of amides is 2. The minimum Gasteiger partial charge on any atom is -0.307 e. The number of para-hydroxylation sites is 1. The summed E-state index contributed by atoms with van der Waals surface area (Å²) >= 11 is 0. The summed E-state index contributed by atoms with van der Waals surface area (Å²) in [6.07, 6.45) is 0. The van der Waals surface area contributed by atoms with E-state index >= 15 is 0 Å². The molecule has 0 aliphatic heterocycles. The fraction of sp³-hybridized carbons (Fsp3) is 0.214. The highest BCUT2D eigenvalue weighted by Gasteiger charge is 2.09. The maximum absolute atomic E-state index is 11.9. The van der Waals surface area contributed by atoms with Crippen LogP contribution in [0, 0.1) is 6.92 Å². The molecule has 2 amide bonds. The number of carbonyl (C=O) groups is 1. The number of urea groups is 1. The molecular formula is C14H16N4O3. The van der Waals surface area contributed by atoms with Gasteiger partial charge in [-0.15, -0.1) is 0 Å². The molecule has 2 aromatic rings. The molecule has 110 valence electrons. The van der Waals surface area contributed by atoms with E-state index in [1.165, 1.54) is 24.7 Å². The number of rotatable bonds is 2. The largest absolute Gasteiger partial charge is 0.332 e. The molecule has 1 aromatic carbocycles. The lowest BCUT2D eigenvalue weighted by Crippen LogP contribution is -2.38. The van der Waals surface area contributed by atoms with Crippen LogP contribution in [-0.4, -0.2) is 15.2 Å². The molecule has 0 fully saturated rings. The van der Waals surface area contributed by atoms with Crippen molar-refractivity contribution in [1.82, 2.24) is 9.13 Å². The van der Waals surface area contributed by atoms with Gasteiger partial charge in [-0.3, -0.25) is 19.2 Å². The summed E-state index contributed by atoms with van der Waals surface area (Å²) in [5.74, 6) is 0.134. The van der Waals surface area contributed by atoms with E-state index in [4.69, 9.17) is 0 Å². The van der Waals surface area contributed by atoms with Crippen LogP contribution in [0.4, 0.5) is 16.3 Å². The van der Waals surface area contributed by atoms with E-state index in [1.807, 2.05) is 19.1 Å². The molecule has 1 aromatic heterocycles. The Morgan fingerprint density at radius 1 is 1.05 bits per heavy atom. The van der Waals surface area contributed by atoms with E-state index in [-0.39, 0.29) is 5.82 Å². The standard InChI is InChI=1S/C14H16N4O3/c1-9-6-4-5-7-10(9)15-13(20)16-11-8-12(19)18(3)14(21)17(11)2/h4-8H,1-3H3,(H2,15,16,20). The maximum atomic E-state index is 11.9. The van der Waals surface area contributed by atoms with Crippen molar-refractivity contribution in [3.05, 3.63) is 56.7 Å². The van der Waals surface area contributed by atoms with Crippen molar-refractivity contribution in [1.29, 1.82) is 0 Å². The number of aromatic nitrogens is 2. The Balaban J connectivity index is 2.23. The predicted octanol–water partition coefficient (Wildman–Crippen LogP) is 1.04. The van der Waals surface area contributed by atoms with Crippen molar-refractivity contribution in [2.45, 2.75) is 6.92 Å². The molecule has 0 radical (unpaired) electrons. The lowest BCUT2D eigenvalue weighted by atomic mass is 10.2. The van der Waals surface area contributed by atoms with Crippen LogP contribution in [-0.2, 0) is 14.1 Å². The first-order valence-corrected chi connectivity index (χ1v) is 6.31. The molecule has 1 heterocycles. The second kappa shape index (κ2) is 5.66. The van der Waals surface area contributed by atoms with Crippen LogP contribution in [0.25, 0.3) is 0 Å². The summed E-state index contributed by atoms with van der Waals surface area (Å²) < 4.78 is 2.16. The summed E-state index contributed by atoms with van der Waals surface area (Å²) in [5.41, 5.74) is 0.576. The SMILES string of the molecule is Cc1ccccc1NC(=O)Nc1cc(=O)n(C)c(=O)n1C. The van der Waals surface area contributed by atoms with Crippen LogP contribution in [0.3, 0.4) is 0 Å². The fourth-order valence-corrected chi connectivity index (χ4v) is 1.84. The number of nitrogens with zero attached hydrogens (tertiary/aromatic N) is 2. The average Bonchev–Trinajstić information content (AvgIpc) is 2.45. The Morgan fingerprint density at radius 3 is 2.38 bits per heavy atom. The van der Waals surface area contributed by atoms with E-state index in [0.717, 1.165) is 10.1 Å². The zero-order valence-electron chi connectivity index (χ0n) is 12.0. The third-order valence-electron chi connectivity index (χ3n) is 3.16. The van der Waals surface area contributed by atoms with Crippen molar-refractivity contribution in [2.24, 2.45) is 14.1 Å². The lowest BCUT2D eigenvalue weighted by molar-refractivity contribution is 0.262. The van der Waals surface area contributed by atoms with Crippen LogP contribution < -0.4 is 21.9 Å². The van der Waals surface area contributed by atoms with Crippen LogP contribution in [0.1, 0.15) is 5.56 Å². The molecule has 0 atom stereocenters. The molecule has 2 N–H and O–H groups in total. The quantitative estimate of drug-likeness (QED) is 0.865. The van der Waals surface area contributed by atoms with Crippen molar-refractivity contribution in [3.63, 3.8) is 0 Å². The van der Waals surface area contributed by atoms with E-state index < -0.39 is 17.3 Å². The molecule has 0 bridgehead atoms. The molecule has 0 aliphatic carbocycles. The van der Waals surface area contributed by atoms with Crippen molar-refractivity contribution < 1.29 is 4.79 Å². The van der Waals surface area contributed by atoms with E-state index in [2.05, 4.69) is 10.6 Å². The summed E-state index contributed by atoms with van der Waals surface area (Å²) in [7, 11) is 2.85. The first-order chi connectivity index (χ1) is 9.90. The van der Waals surface area contributed by atoms with E-state index in [9.17, 15) is 14.4 Å². The van der Waals surface area contributed by atoms with Gasteiger partial charge in [0.2, 0.25) is 0 Å². The minimum absolute atomic E-state index is 0.134. The number of carbonyl (C=O) groups excluding carboxylic acids is 1. The molecule has 0 aliphatic rings. The number of nitrogens with one attached hydrogen (secondary N) is 2. The summed E-state index contributed by atoms with van der Waals surface area (Å²) in [4.78, 5) is 35.3. The van der Waals surface area contributed by atoms with E-state index in [1.54, 1.807) is 12.1 Å². The van der Waals surface area contributed by atoms with Gasteiger partial charge >= 0.3 is 11.7 Å². The van der Waals surface area contributed by atoms with Gasteiger partial charge in [-0.2, -0.15) is 0 Å².